The summed E-state index contributed by atoms with van der Waals surface area (Å²) >= 11 is 4.99. The van der Waals surface area contributed by atoms with E-state index in [2.05, 4.69) is 55.3 Å². The maximum Gasteiger partial charge on any atom is 0.235 e. The van der Waals surface area contributed by atoms with Crippen molar-refractivity contribution in [3.63, 3.8) is 0 Å². The second kappa shape index (κ2) is 4.13. The second-order valence-corrected chi connectivity index (χ2v) is 6.07. The Morgan fingerprint density at radius 3 is 2.72 bits per heavy atom. The number of nitrogens with zero attached hydrogens (tertiary/aromatic N) is 5. The molecule has 0 spiro atoms. The zero-order valence-electron chi connectivity index (χ0n) is 10.1. The summed E-state index contributed by atoms with van der Waals surface area (Å²) in [5.41, 5.74) is 1.80. The Morgan fingerprint density at radius 1 is 1.33 bits per heavy atom. The fourth-order valence-electron chi connectivity index (χ4n) is 1.65. The Bertz CT molecular complexity index is 709. The van der Waals surface area contributed by atoms with Gasteiger partial charge in [-0.2, -0.15) is 14.7 Å². The molecule has 0 amide bonds. The summed E-state index contributed by atoms with van der Waals surface area (Å²) in [4.78, 5) is 0.793. The predicted octanol–water partition coefficient (Wildman–Crippen LogP) is 2.77. The number of hydrogen-bond donors (Lipinski definition) is 1. The maximum absolute atomic E-state index is 4.54. The quantitative estimate of drug-likeness (QED) is 0.786. The molecule has 0 aliphatic carbocycles. The summed E-state index contributed by atoms with van der Waals surface area (Å²) in [6, 6.07) is 0. The zero-order chi connectivity index (χ0) is 12.9. The smallest absolute Gasteiger partial charge is 0.235 e. The van der Waals surface area contributed by atoms with Gasteiger partial charge in [0.05, 0.1) is 4.47 Å². The van der Waals surface area contributed by atoms with Crippen LogP contribution in [0.15, 0.2) is 4.47 Å². The van der Waals surface area contributed by atoms with Gasteiger partial charge in [0.2, 0.25) is 4.96 Å². The van der Waals surface area contributed by atoms with E-state index in [1.807, 2.05) is 6.92 Å². The molecular weight excluding hydrogens is 316 g/mol. The highest BCUT2D eigenvalue weighted by atomic mass is 79.9. The highest BCUT2D eigenvalue weighted by Crippen LogP contribution is 2.31. The van der Waals surface area contributed by atoms with Crippen molar-refractivity contribution in [3.05, 3.63) is 16.0 Å². The maximum atomic E-state index is 4.54. The lowest BCUT2D eigenvalue weighted by atomic mass is 10.2. The van der Waals surface area contributed by atoms with Crippen molar-refractivity contribution in [2.24, 2.45) is 0 Å². The summed E-state index contributed by atoms with van der Waals surface area (Å²) < 4.78 is 2.74. The molecule has 8 heteroatoms. The SMILES string of the molecule is Cc1[nH]nc(-c2nn3c(C(C)C)nnc3s2)c1Br. The highest BCUT2D eigenvalue weighted by molar-refractivity contribution is 9.10. The topological polar surface area (TPSA) is 71.8 Å². The van der Waals surface area contributed by atoms with Gasteiger partial charge in [-0.05, 0) is 22.9 Å². The van der Waals surface area contributed by atoms with Crippen LogP contribution in [0.2, 0.25) is 0 Å². The molecular formula is C10H11BrN6S. The van der Waals surface area contributed by atoms with Crippen molar-refractivity contribution in [3.8, 4) is 10.7 Å². The summed E-state index contributed by atoms with van der Waals surface area (Å²) in [5, 5.41) is 20.8. The van der Waals surface area contributed by atoms with Gasteiger partial charge in [-0.15, -0.1) is 10.2 Å². The van der Waals surface area contributed by atoms with E-state index in [4.69, 9.17) is 0 Å². The summed E-state index contributed by atoms with van der Waals surface area (Å²) in [5.74, 6) is 1.16. The van der Waals surface area contributed by atoms with Crippen LogP contribution in [0.1, 0.15) is 31.3 Å². The van der Waals surface area contributed by atoms with Gasteiger partial charge in [0.15, 0.2) is 10.8 Å². The lowest BCUT2D eigenvalue weighted by Crippen LogP contribution is -1.98. The standard InChI is InChI=1S/C10H11BrN6S/c1-4(2)8-14-15-10-17(8)16-9(18-10)7-6(11)5(3)12-13-7/h4H,1-3H3,(H,12,13). The Kier molecular flexibility index (Phi) is 2.70. The molecule has 0 aliphatic rings. The molecule has 0 saturated carbocycles. The highest BCUT2D eigenvalue weighted by Gasteiger charge is 2.18. The van der Waals surface area contributed by atoms with Crippen LogP contribution in [0, 0.1) is 6.92 Å². The van der Waals surface area contributed by atoms with Gasteiger partial charge in [0.25, 0.3) is 0 Å². The number of H-pyrrole nitrogens is 1. The molecule has 0 aliphatic heterocycles. The van der Waals surface area contributed by atoms with E-state index in [9.17, 15) is 0 Å². The molecule has 0 bridgehead atoms. The van der Waals surface area contributed by atoms with Crippen molar-refractivity contribution < 1.29 is 0 Å². The Hall–Kier alpha value is -1.28. The zero-order valence-corrected chi connectivity index (χ0v) is 12.5. The van der Waals surface area contributed by atoms with Crippen molar-refractivity contribution >= 4 is 32.2 Å². The van der Waals surface area contributed by atoms with Crippen molar-refractivity contribution in [1.82, 2.24) is 30.0 Å². The van der Waals surface area contributed by atoms with Gasteiger partial charge in [-0.3, -0.25) is 5.10 Å². The van der Waals surface area contributed by atoms with Crippen LogP contribution in [0.4, 0.5) is 0 Å². The number of halogens is 1. The minimum absolute atomic E-state index is 0.291. The van der Waals surface area contributed by atoms with Gasteiger partial charge in [-0.25, -0.2) is 0 Å². The number of hydrogen-bond acceptors (Lipinski definition) is 5. The van der Waals surface area contributed by atoms with E-state index in [1.165, 1.54) is 11.3 Å². The second-order valence-electron chi connectivity index (χ2n) is 4.33. The normalized spacial score (nSPS) is 11.8. The van der Waals surface area contributed by atoms with Crippen LogP contribution in [-0.2, 0) is 0 Å². The first-order valence-corrected chi connectivity index (χ1v) is 7.12. The average molecular weight is 327 g/mol. The van der Waals surface area contributed by atoms with Crippen molar-refractivity contribution in [2.75, 3.05) is 0 Å². The number of aromatic nitrogens is 6. The Labute approximate surface area is 116 Å². The molecule has 3 aromatic heterocycles. The van der Waals surface area contributed by atoms with Crippen LogP contribution in [0.3, 0.4) is 0 Å². The van der Waals surface area contributed by atoms with Gasteiger partial charge < -0.3 is 0 Å². The molecule has 1 N–H and O–H groups in total. The number of fused-ring (bicyclic) bond motifs is 1. The molecule has 18 heavy (non-hydrogen) atoms. The molecule has 0 aromatic carbocycles. The first kappa shape index (κ1) is 11.8. The first-order chi connectivity index (χ1) is 8.58. The van der Waals surface area contributed by atoms with Crippen LogP contribution < -0.4 is 0 Å². The third kappa shape index (κ3) is 1.67. The summed E-state index contributed by atoms with van der Waals surface area (Å²) in [7, 11) is 0. The van der Waals surface area contributed by atoms with E-state index in [0.29, 0.717) is 5.92 Å². The third-order valence-electron chi connectivity index (χ3n) is 2.61. The molecule has 0 saturated heterocycles. The van der Waals surface area contributed by atoms with Crippen LogP contribution in [0.5, 0.6) is 0 Å². The Morgan fingerprint density at radius 2 is 2.11 bits per heavy atom. The number of aromatic amines is 1. The average Bonchev–Trinajstić information content (AvgIpc) is 2.94. The monoisotopic (exact) mass is 326 g/mol. The molecule has 94 valence electrons. The van der Waals surface area contributed by atoms with Gasteiger partial charge in [0.1, 0.15) is 5.69 Å². The Balaban J connectivity index is 2.17. The first-order valence-electron chi connectivity index (χ1n) is 5.51. The minimum Gasteiger partial charge on any atom is -0.281 e. The summed E-state index contributed by atoms with van der Waals surface area (Å²) in [6.45, 7) is 6.11. The number of nitrogens with one attached hydrogen (secondary N) is 1. The lowest BCUT2D eigenvalue weighted by molar-refractivity contribution is 0.726. The van der Waals surface area contributed by atoms with E-state index >= 15 is 0 Å². The van der Waals surface area contributed by atoms with E-state index < -0.39 is 0 Å². The van der Waals surface area contributed by atoms with Crippen LogP contribution in [0.25, 0.3) is 15.7 Å². The molecule has 6 nitrogen and oxygen atoms in total. The van der Waals surface area contributed by atoms with E-state index in [0.717, 1.165) is 31.7 Å². The van der Waals surface area contributed by atoms with Crippen molar-refractivity contribution in [2.45, 2.75) is 26.7 Å². The van der Waals surface area contributed by atoms with Gasteiger partial charge in [-0.1, -0.05) is 25.2 Å². The fourth-order valence-corrected chi connectivity index (χ4v) is 2.98. The molecule has 0 unspecified atom stereocenters. The largest absolute Gasteiger partial charge is 0.281 e. The van der Waals surface area contributed by atoms with Crippen molar-refractivity contribution in [1.29, 1.82) is 0 Å². The number of aryl methyl sites for hydroxylation is 1. The molecule has 3 rings (SSSR count). The molecule has 0 atom stereocenters. The third-order valence-corrected chi connectivity index (χ3v) is 4.48. The molecule has 3 heterocycles. The molecule has 3 aromatic rings. The minimum atomic E-state index is 0.291. The van der Waals surface area contributed by atoms with Crippen LogP contribution >= 0.6 is 27.3 Å². The van der Waals surface area contributed by atoms with E-state index in [-0.39, 0.29) is 0 Å². The van der Waals surface area contributed by atoms with Gasteiger partial charge >= 0.3 is 0 Å². The van der Waals surface area contributed by atoms with Gasteiger partial charge in [0, 0.05) is 11.6 Å². The fraction of sp³-hybridized carbons (Fsp3) is 0.400. The molecule has 0 fully saturated rings. The lowest BCUT2D eigenvalue weighted by Gasteiger charge is -1.97. The summed E-state index contributed by atoms with van der Waals surface area (Å²) in [6.07, 6.45) is 0. The number of rotatable bonds is 2. The van der Waals surface area contributed by atoms with E-state index in [1.54, 1.807) is 4.52 Å². The van der Waals surface area contributed by atoms with Crippen LogP contribution in [-0.4, -0.2) is 30.0 Å². The molecule has 0 radical (unpaired) electrons. The predicted molar refractivity (Wildman–Crippen MR) is 72.8 cm³/mol.